The first-order valence-electron chi connectivity index (χ1n) is 6.14. The predicted octanol–water partition coefficient (Wildman–Crippen LogP) is 3.63. The van der Waals surface area contributed by atoms with Crippen LogP contribution in [0.15, 0.2) is 22.7 Å². The van der Waals surface area contributed by atoms with Gasteiger partial charge in [0.15, 0.2) is 0 Å². The van der Waals surface area contributed by atoms with E-state index in [0.717, 1.165) is 19.6 Å². The highest BCUT2D eigenvalue weighted by Crippen LogP contribution is 2.25. The fourth-order valence-electron chi connectivity index (χ4n) is 2.28. The number of rotatable bonds is 3. The first kappa shape index (κ1) is 13.6. The second kappa shape index (κ2) is 6.38. The maximum absolute atomic E-state index is 3.59. The van der Waals surface area contributed by atoms with E-state index in [4.69, 9.17) is 0 Å². The smallest absolute Gasteiger partial charge is 0.0378 e. The fraction of sp³-hybridized carbons (Fsp3) is 0.538. The summed E-state index contributed by atoms with van der Waals surface area (Å²) in [5.41, 5.74) is 1.35. The first-order chi connectivity index (χ1) is 8.20. The minimum absolute atomic E-state index is 0.648. The van der Waals surface area contributed by atoms with E-state index in [1.807, 2.05) is 0 Å². The molecule has 0 amide bonds. The zero-order valence-corrected chi connectivity index (χ0v) is 13.8. The summed E-state index contributed by atoms with van der Waals surface area (Å²) in [5, 5.41) is 3.59. The van der Waals surface area contributed by atoms with Gasteiger partial charge in [-0.2, -0.15) is 0 Å². The lowest BCUT2D eigenvalue weighted by Gasteiger charge is -2.35. The average molecular weight is 409 g/mol. The van der Waals surface area contributed by atoms with Gasteiger partial charge in [-0.15, -0.1) is 0 Å². The van der Waals surface area contributed by atoms with Crippen LogP contribution in [0.25, 0.3) is 0 Å². The lowest BCUT2D eigenvalue weighted by Crippen LogP contribution is -2.50. The highest BCUT2D eigenvalue weighted by molar-refractivity contribution is 14.1. The molecule has 0 radical (unpaired) electrons. The number of nitrogens with zero attached hydrogens (tertiary/aromatic N) is 1. The van der Waals surface area contributed by atoms with Crippen molar-refractivity contribution in [2.45, 2.75) is 25.8 Å². The summed E-state index contributed by atoms with van der Waals surface area (Å²) in [7, 11) is 0. The molecular formula is C13H18BrIN2. The number of hydrogen-bond acceptors (Lipinski definition) is 2. The molecule has 1 atom stereocenters. The van der Waals surface area contributed by atoms with E-state index in [-0.39, 0.29) is 0 Å². The van der Waals surface area contributed by atoms with Gasteiger partial charge in [0.1, 0.15) is 0 Å². The van der Waals surface area contributed by atoms with Crippen molar-refractivity contribution in [2.75, 3.05) is 24.5 Å². The number of anilines is 1. The van der Waals surface area contributed by atoms with Crippen LogP contribution < -0.4 is 10.2 Å². The van der Waals surface area contributed by atoms with E-state index in [1.165, 1.54) is 26.6 Å². The first-order valence-corrected chi connectivity index (χ1v) is 8.01. The van der Waals surface area contributed by atoms with Gasteiger partial charge in [0.2, 0.25) is 0 Å². The van der Waals surface area contributed by atoms with Crippen LogP contribution in [0.5, 0.6) is 0 Å². The standard InChI is InChI=1S/C13H18BrIN2/c1-2-3-10-9-17(7-6-16-10)11-4-5-12(14)13(15)8-11/h4-5,8,10,16H,2-3,6-7,9H2,1H3. The summed E-state index contributed by atoms with van der Waals surface area (Å²) in [5.74, 6) is 0. The van der Waals surface area contributed by atoms with Gasteiger partial charge in [-0.3, -0.25) is 0 Å². The average Bonchev–Trinajstić information content (AvgIpc) is 2.33. The highest BCUT2D eigenvalue weighted by atomic mass is 127. The maximum Gasteiger partial charge on any atom is 0.0378 e. The van der Waals surface area contributed by atoms with Crippen molar-refractivity contribution >= 4 is 44.2 Å². The van der Waals surface area contributed by atoms with Crippen LogP contribution in [-0.2, 0) is 0 Å². The zero-order valence-electron chi connectivity index (χ0n) is 10.0. The molecule has 0 aromatic heterocycles. The van der Waals surface area contributed by atoms with E-state index in [0.29, 0.717) is 6.04 Å². The molecule has 1 aliphatic heterocycles. The van der Waals surface area contributed by atoms with Crippen LogP contribution >= 0.6 is 38.5 Å². The summed E-state index contributed by atoms with van der Waals surface area (Å²) in [6.45, 7) is 5.59. The van der Waals surface area contributed by atoms with E-state index in [1.54, 1.807) is 0 Å². The number of hydrogen-bond donors (Lipinski definition) is 1. The highest BCUT2D eigenvalue weighted by Gasteiger charge is 2.18. The second-order valence-corrected chi connectivity index (χ2v) is 6.50. The van der Waals surface area contributed by atoms with Gasteiger partial charge in [0.05, 0.1) is 0 Å². The Morgan fingerprint density at radius 1 is 1.53 bits per heavy atom. The molecule has 0 bridgehead atoms. The van der Waals surface area contributed by atoms with Gasteiger partial charge in [0.25, 0.3) is 0 Å². The Bertz CT molecular complexity index is 382. The summed E-state index contributed by atoms with van der Waals surface area (Å²) in [4.78, 5) is 2.49. The van der Waals surface area contributed by atoms with Crippen LogP contribution in [0.4, 0.5) is 5.69 Å². The third kappa shape index (κ3) is 3.58. The van der Waals surface area contributed by atoms with Crippen molar-refractivity contribution < 1.29 is 0 Å². The normalized spacial score (nSPS) is 20.6. The number of benzene rings is 1. The van der Waals surface area contributed by atoms with Gasteiger partial charge in [-0.05, 0) is 63.1 Å². The van der Waals surface area contributed by atoms with Crippen molar-refractivity contribution in [3.8, 4) is 0 Å². The molecule has 0 spiro atoms. The van der Waals surface area contributed by atoms with Crippen molar-refractivity contribution in [3.05, 3.63) is 26.2 Å². The maximum atomic E-state index is 3.59. The van der Waals surface area contributed by atoms with Crippen molar-refractivity contribution in [1.82, 2.24) is 5.32 Å². The third-order valence-corrected chi connectivity index (χ3v) is 5.49. The minimum Gasteiger partial charge on any atom is -0.369 e. The van der Waals surface area contributed by atoms with Gasteiger partial charge < -0.3 is 10.2 Å². The molecule has 1 heterocycles. The van der Waals surface area contributed by atoms with E-state index < -0.39 is 0 Å². The van der Waals surface area contributed by atoms with Crippen LogP contribution in [0.3, 0.4) is 0 Å². The molecule has 1 aliphatic rings. The number of piperazine rings is 1. The van der Waals surface area contributed by atoms with Crippen molar-refractivity contribution in [3.63, 3.8) is 0 Å². The molecule has 4 heteroatoms. The number of nitrogens with one attached hydrogen (secondary N) is 1. The molecule has 17 heavy (non-hydrogen) atoms. The van der Waals surface area contributed by atoms with Crippen molar-refractivity contribution in [1.29, 1.82) is 0 Å². The molecule has 2 nitrogen and oxygen atoms in total. The van der Waals surface area contributed by atoms with Crippen LogP contribution in [0.1, 0.15) is 19.8 Å². The summed E-state index contributed by atoms with van der Waals surface area (Å²) >= 11 is 5.93. The van der Waals surface area contributed by atoms with E-state index in [9.17, 15) is 0 Å². The topological polar surface area (TPSA) is 15.3 Å². The molecule has 1 unspecified atom stereocenters. The molecule has 0 aliphatic carbocycles. The Morgan fingerprint density at radius 3 is 3.06 bits per heavy atom. The zero-order chi connectivity index (χ0) is 12.3. The number of halogens is 2. The van der Waals surface area contributed by atoms with Gasteiger partial charge in [-0.25, -0.2) is 0 Å². The van der Waals surface area contributed by atoms with E-state index in [2.05, 4.69) is 73.9 Å². The summed E-state index contributed by atoms with van der Waals surface area (Å²) in [6.07, 6.45) is 2.52. The molecular weight excluding hydrogens is 391 g/mol. The second-order valence-electron chi connectivity index (χ2n) is 4.48. The Balaban J connectivity index is 2.08. The summed E-state index contributed by atoms with van der Waals surface area (Å²) in [6, 6.07) is 7.27. The van der Waals surface area contributed by atoms with Crippen molar-refractivity contribution in [2.24, 2.45) is 0 Å². The molecule has 0 saturated carbocycles. The molecule has 1 aromatic rings. The van der Waals surface area contributed by atoms with Gasteiger partial charge in [0, 0.05) is 39.4 Å². The molecule has 1 N–H and O–H groups in total. The molecule has 1 aromatic carbocycles. The van der Waals surface area contributed by atoms with Crippen LogP contribution in [0.2, 0.25) is 0 Å². The SMILES string of the molecule is CCCC1CN(c2ccc(Br)c(I)c2)CCN1. The predicted molar refractivity (Wildman–Crippen MR) is 85.8 cm³/mol. The Kier molecular flexibility index (Phi) is 5.11. The minimum atomic E-state index is 0.648. The third-order valence-electron chi connectivity index (χ3n) is 3.16. The van der Waals surface area contributed by atoms with Crippen LogP contribution in [-0.4, -0.2) is 25.7 Å². The molecule has 94 valence electrons. The Hall–Kier alpha value is 0.190. The van der Waals surface area contributed by atoms with Gasteiger partial charge >= 0.3 is 0 Å². The fourth-order valence-corrected chi connectivity index (χ4v) is 3.03. The molecule has 1 saturated heterocycles. The largest absolute Gasteiger partial charge is 0.369 e. The molecule has 1 fully saturated rings. The quantitative estimate of drug-likeness (QED) is 0.768. The Morgan fingerprint density at radius 2 is 2.35 bits per heavy atom. The Labute approximate surface area is 125 Å². The van der Waals surface area contributed by atoms with Crippen LogP contribution in [0, 0.1) is 3.57 Å². The summed E-state index contributed by atoms with van der Waals surface area (Å²) < 4.78 is 2.47. The lowest BCUT2D eigenvalue weighted by molar-refractivity contribution is 0.431. The van der Waals surface area contributed by atoms with Gasteiger partial charge in [-0.1, -0.05) is 13.3 Å². The van der Waals surface area contributed by atoms with E-state index >= 15 is 0 Å². The lowest BCUT2D eigenvalue weighted by atomic mass is 10.1. The monoisotopic (exact) mass is 408 g/mol. The molecule has 2 rings (SSSR count).